The Morgan fingerprint density at radius 2 is 2.36 bits per heavy atom. The summed E-state index contributed by atoms with van der Waals surface area (Å²) in [5.41, 5.74) is 1.23. The van der Waals surface area contributed by atoms with Crippen LogP contribution in [0.2, 0.25) is 0 Å². The Morgan fingerprint density at radius 1 is 1.64 bits per heavy atom. The summed E-state index contributed by atoms with van der Waals surface area (Å²) in [5, 5.41) is 0. The molecule has 0 aliphatic rings. The normalized spacial score (nSPS) is 10.9. The maximum atomic E-state index is 4.25. The third kappa shape index (κ3) is 2.26. The van der Waals surface area contributed by atoms with Crippen LogP contribution in [0, 0.1) is 0 Å². The van der Waals surface area contributed by atoms with E-state index >= 15 is 0 Å². The van der Waals surface area contributed by atoms with Crippen LogP contribution in [0.15, 0.2) is 6.20 Å². The topological polar surface area (TPSA) is 28.7 Å². The molecule has 0 amide bonds. The van der Waals surface area contributed by atoms with Gasteiger partial charge < -0.3 is 4.98 Å². The molecule has 1 rings (SSSR count). The van der Waals surface area contributed by atoms with Crippen LogP contribution in [-0.2, 0) is 5.75 Å². The van der Waals surface area contributed by atoms with Crippen LogP contribution in [-0.4, -0.2) is 16.2 Å². The maximum absolute atomic E-state index is 4.25. The molecule has 11 heavy (non-hydrogen) atoms. The van der Waals surface area contributed by atoms with Crippen molar-refractivity contribution in [3.8, 4) is 0 Å². The number of H-pyrrole nitrogens is 1. The minimum atomic E-state index is 0.554. The highest BCUT2D eigenvalue weighted by molar-refractivity contribution is 7.97. The summed E-state index contributed by atoms with van der Waals surface area (Å²) in [7, 11) is 0. The van der Waals surface area contributed by atoms with Gasteiger partial charge in [-0.05, 0) is 12.2 Å². The van der Waals surface area contributed by atoms with Crippen molar-refractivity contribution in [1.29, 1.82) is 0 Å². The van der Waals surface area contributed by atoms with Gasteiger partial charge in [0, 0.05) is 11.9 Å². The zero-order valence-corrected chi connectivity index (χ0v) is 8.03. The first kappa shape index (κ1) is 8.65. The van der Waals surface area contributed by atoms with Crippen molar-refractivity contribution in [2.24, 2.45) is 0 Å². The lowest BCUT2D eigenvalue weighted by atomic mass is 10.2. The predicted molar refractivity (Wildman–Crippen MR) is 49.9 cm³/mol. The number of rotatable bonds is 3. The number of aromatic amines is 1. The van der Waals surface area contributed by atoms with Crippen LogP contribution in [0.3, 0.4) is 0 Å². The Bertz CT molecular complexity index is 218. The van der Waals surface area contributed by atoms with Gasteiger partial charge in [-0.3, -0.25) is 0 Å². The van der Waals surface area contributed by atoms with Crippen LogP contribution < -0.4 is 0 Å². The molecule has 0 atom stereocenters. The average Bonchev–Trinajstić information content (AvgIpc) is 2.37. The van der Waals surface area contributed by atoms with Gasteiger partial charge in [0.2, 0.25) is 0 Å². The quantitative estimate of drug-likeness (QED) is 0.754. The number of nitrogens with zero attached hydrogens (tertiary/aromatic N) is 1. The molecule has 0 saturated carbocycles. The SMILES string of the molecule is CSCc1ncc(C(C)C)[nH]1. The molecule has 1 aromatic heterocycles. The second kappa shape index (κ2) is 3.81. The maximum Gasteiger partial charge on any atom is 0.116 e. The van der Waals surface area contributed by atoms with E-state index in [0.717, 1.165) is 11.6 Å². The van der Waals surface area contributed by atoms with E-state index in [1.165, 1.54) is 5.69 Å². The summed E-state index contributed by atoms with van der Waals surface area (Å²) in [6, 6.07) is 0. The molecule has 0 spiro atoms. The fourth-order valence-corrected chi connectivity index (χ4v) is 1.30. The second-order valence-corrected chi connectivity index (χ2v) is 3.74. The van der Waals surface area contributed by atoms with Gasteiger partial charge in [0.05, 0.1) is 5.75 Å². The Kier molecular flexibility index (Phi) is 3.00. The van der Waals surface area contributed by atoms with E-state index in [-0.39, 0.29) is 0 Å². The van der Waals surface area contributed by atoms with Gasteiger partial charge in [0.15, 0.2) is 0 Å². The third-order valence-corrected chi connectivity index (χ3v) is 2.11. The molecule has 0 aliphatic carbocycles. The summed E-state index contributed by atoms with van der Waals surface area (Å²) >= 11 is 1.79. The van der Waals surface area contributed by atoms with Gasteiger partial charge in [0.25, 0.3) is 0 Å². The number of nitrogens with one attached hydrogen (secondary N) is 1. The highest BCUT2D eigenvalue weighted by atomic mass is 32.2. The average molecular weight is 170 g/mol. The summed E-state index contributed by atoms with van der Waals surface area (Å²) in [4.78, 5) is 7.53. The summed E-state index contributed by atoms with van der Waals surface area (Å²) in [6.07, 6.45) is 4.01. The van der Waals surface area contributed by atoms with Crippen LogP contribution in [0.1, 0.15) is 31.3 Å². The van der Waals surface area contributed by atoms with E-state index in [1.54, 1.807) is 11.8 Å². The molecule has 3 heteroatoms. The number of hydrogen-bond donors (Lipinski definition) is 1. The summed E-state index contributed by atoms with van der Waals surface area (Å²) in [5.74, 6) is 2.62. The van der Waals surface area contributed by atoms with E-state index in [9.17, 15) is 0 Å². The molecule has 1 heterocycles. The van der Waals surface area contributed by atoms with Crippen molar-refractivity contribution in [3.05, 3.63) is 17.7 Å². The molecule has 0 aromatic carbocycles. The van der Waals surface area contributed by atoms with E-state index in [4.69, 9.17) is 0 Å². The van der Waals surface area contributed by atoms with Gasteiger partial charge in [-0.1, -0.05) is 13.8 Å². The van der Waals surface area contributed by atoms with Gasteiger partial charge in [-0.25, -0.2) is 4.98 Å². The minimum Gasteiger partial charge on any atom is -0.345 e. The first-order valence-electron chi connectivity index (χ1n) is 3.76. The molecule has 0 saturated heterocycles. The zero-order chi connectivity index (χ0) is 8.27. The van der Waals surface area contributed by atoms with Crippen molar-refractivity contribution in [2.45, 2.75) is 25.5 Å². The molecule has 0 fully saturated rings. The Morgan fingerprint density at radius 3 is 2.82 bits per heavy atom. The Balaban J connectivity index is 2.66. The molecule has 62 valence electrons. The lowest BCUT2D eigenvalue weighted by Gasteiger charge is -1.97. The molecular weight excluding hydrogens is 156 g/mol. The lowest BCUT2D eigenvalue weighted by molar-refractivity contribution is 0.828. The van der Waals surface area contributed by atoms with E-state index in [1.807, 2.05) is 6.20 Å². The highest BCUT2D eigenvalue weighted by Gasteiger charge is 2.02. The zero-order valence-electron chi connectivity index (χ0n) is 7.22. The summed E-state index contributed by atoms with van der Waals surface area (Å²) < 4.78 is 0. The number of aromatic nitrogens is 2. The van der Waals surface area contributed by atoms with Gasteiger partial charge in [-0.2, -0.15) is 11.8 Å². The predicted octanol–water partition coefficient (Wildman–Crippen LogP) is 2.40. The van der Waals surface area contributed by atoms with E-state index in [0.29, 0.717) is 5.92 Å². The van der Waals surface area contributed by atoms with Crippen molar-refractivity contribution in [2.75, 3.05) is 6.26 Å². The number of hydrogen-bond acceptors (Lipinski definition) is 2. The first-order chi connectivity index (χ1) is 5.24. The molecule has 0 unspecified atom stereocenters. The van der Waals surface area contributed by atoms with Crippen molar-refractivity contribution < 1.29 is 0 Å². The summed E-state index contributed by atoms with van der Waals surface area (Å²) in [6.45, 7) is 4.33. The third-order valence-electron chi connectivity index (χ3n) is 1.55. The largest absolute Gasteiger partial charge is 0.345 e. The van der Waals surface area contributed by atoms with E-state index in [2.05, 4.69) is 30.1 Å². The van der Waals surface area contributed by atoms with Gasteiger partial charge in [0.1, 0.15) is 5.82 Å². The molecule has 1 N–H and O–H groups in total. The second-order valence-electron chi connectivity index (χ2n) is 2.87. The van der Waals surface area contributed by atoms with E-state index < -0.39 is 0 Å². The van der Waals surface area contributed by atoms with Crippen LogP contribution in [0.4, 0.5) is 0 Å². The van der Waals surface area contributed by atoms with Crippen LogP contribution in [0.5, 0.6) is 0 Å². The van der Waals surface area contributed by atoms with Crippen molar-refractivity contribution >= 4 is 11.8 Å². The molecule has 0 radical (unpaired) electrons. The number of thioether (sulfide) groups is 1. The first-order valence-corrected chi connectivity index (χ1v) is 5.16. The van der Waals surface area contributed by atoms with Crippen LogP contribution >= 0.6 is 11.8 Å². The molecule has 0 bridgehead atoms. The molecule has 0 aliphatic heterocycles. The highest BCUT2D eigenvalue weighted by Crippen LogP contribution is 2.12. The Labute approximate surface area is 71.8 Å². The monoisotopic (exact) mass is 170 g/mol. The van der Waals surface area contributed by atoms with Gasteiger partial charge >= 0.3 is 0 Å². The standard InChI is InChI=1S/C8H14N2S/c1-6(2)7-4-9-8(10-7)5-11-3/h4,6H,5H2,1-3H3,(H,9,10). The smallest absolute Gasteiger partial charge is 0.116 e. The number of imidazole rings is 1. The fraction of sp³-hybridized carbons (Fsp3) is 0.625. The molecular formula is C8H14N2S. The molecule has 2 nitrogen and oxygen atoms in total. The van der Waals surface area contributed by atoms with Crippen molar-refractivity contribution in [1.82, 2.24) is 9.97 Å². The minimum absolute atomic E-state index is 0.554. The lowest BCUT2D eigenvalue weighted by Crippen LogP contribution is -1.87. The Hall–Kier alpha value is -0.440. The van der Waals surface area contributed by atoms with Gasteiger partial charge in [-0.15, -0.1) is 0 Å². The molecule has 1 aromatic rings. The van der Waals surface area contributed by atoms with Crippen LogP contribution in [0.25, 0.3) is 0 Å². The van der Waals surface area contributed by atoms with Crippen molar-refractivity contribution in [3.63, 3.8) is 0 Å². The fourth-order valence-electron chi connectivity index (χ4n) is 0.882.